The number of morpholine rings is 1. The number of ether oxygens (including phenoxy) is 4. The number of carbonyl (C=O) groups excluding carboxylic acids is 1. The van der Waals surface area contributed by atoms with Crippen molar-refractivity contribution in [1.82, 2.24) is 9.88 Å². The van der Waals surface area contributed by atoms with Gasteiger partial charge in [0.25, 0.3) is 5.91 Å². The monoisotopic (exact) mass is 412 g/mol. The van der Waals surface area contributed by atoms with Gasteiger partial charge in [0, 0.05) is 12.7 Å². The Kier molecular flexibility index (Phi) is 4.94. The summed E-state index contributed by atoms with van der Waals surface area (Å²) in [5.41, 5.74) is 0.00606. The van der Waals surface area contributed by atoms with Crippen LogP contribution >= 0.6 is 11.6 Å². The second-order valence-corrected chi connectivity index (χ2v) is 6.51. The minimum absolute atomic E-state index is 0.00606. The zero-order valence-electron chi connectivity index (χ0n) is 14.4. The van der Waals surface area contributed by atoms with Crippen LogP contribution in [0.3, 0.4) is 0 Å². The predicted octanol–water partition coefficient (Wildman–Crippen LogP) is 2.98. The van der Waals surface area contributed by atoms with E-state index in [1.807, 2.05) is 0 Å². The van der Waals surface area contributed by atoms with E-state index in [2.05, 4.69) is 14.5 Å². The van der Waals surface area contributed by atoms with E-state index in [1.54, 1.807) is 18.3 Å². The molecular formula is C18H15ClF2N2O5. The third kappa shape index (κ3) is 3.81. The number of rotatable bonds is 4. The number of para-hydroxylation sites is 1. The number of nitrogens with zero attached hydrogens (tertiary/aromatic N) is 2. The highest BCUT2D eigenvalue weighted by atomic mass is 35.5. The molecule has 1 saturated heterocycles. The van der Waals surface area contributed by atoms with Gasteiger partial charge in [-0.15, -0.1) is 8.78 Å². The van der Waals surface area contributed by atoms with Crippen molar-refractivity contribution in [2.75, 3.05) is 26.3 Å². The lowest BCUT2D eigenvalue weighted by Crippen LogP contribution is -2.47. The van der Waals surface area contributed by atoms with Crippen LogP contribution in [0.5, 0.6) is 17.2 Å². The molecule has 0 spiro atoms. The van der Waals surface area contributed by atoms with Gasteiger partial charge in [-0.1, -0.05) is 17.7 Å². The van der Waals surface area contributed by atoms with E-state index in [9.17, 15) is 13.6 Å². The molecule has 0 saturated carbocycles. The van der Waals surface area contributed by atoms with Gasteiger partial charge in [-0.3, -0.25) is 4.79 Å². The zero-order chi connectivity index (χ0) is 19.7. The quantitative estimate of drug-likeness (QED) is 0.719. The van der Waals surface area contributed by atoms with Gasteiger partial charge < -0.3 is 23.8 Å². The standard InChI is InChI=1S/C18H15ClF2N2O5/c19-16-14(5-2-6-22-16)26-10-11-9-23(7-8-25-11)17(24)12-3-1-4-13-15(12)28-18(20,21)27-13/h1-6,11H,7-10H2. The van der Waals surface area contributed by atoms with E-state index >= 15 is 0 Å². The maximum Gasteiger partial charge on any atom is 0.586 e. The molecule has 0 N–H and O–H groups in total. The molecule has 1 atom stereocenters. The number of benzene rings is 1. The Morgan fingerprint density at radius 2 is 2.18 bits per heavy atom. The smallest absolute Gasteiger partial charge is 0.488 e. The maximum absolute atomic E-state index is 13.4. The Bertz CT molecular complexity index is 898. The number of aromatic nitrogens is 1. The van der Waals surface area contributed by atoms with Crippen LogP contribution in [-0.2, 0) is 4.74 Å². The summed E-state index contributed by atoms with van der Waals surface area (Å²) in [4.78, 5) is 18.3. The molecule has 1 aromatic carbocycles. The van der Waals surface area contributed by atoms with Crippen molar-refractivity contribution in [3.8, 4) is 17.2 Å². The molecule has 1 fully saturated rings. The number of alkyl halides is 2. The molecule has 0 aliphatic carbocycles. The Morgan fingerprint density at radius 3 is 3.00 bits per heavy atom. The van der Waals surface area contributed by atoms with Crippen LogP contribution in [0.2, 0.25) is 5.15 Å². The summed E-state index contributed by atoms with van der Waals surface area (Å²) in [6.45, 7) is 0.963. The summed E-state index contributed by atoms with van der Waals surface area (Å²) >= 11 is 5.95. The second-order valence-electron chi connectivity index (χ2n) is 6.15. The topological polar surface area (TPSA) is 70.1 Å². The normalized spacial score (nSPS) is 20.1. The fraction of sp³-hybridized carbons (Fsp3) is 0.333. The molecule has 3 heterocycles. The summed E-state index contributed by atoms with van der Waals surface area (Å²) in [5, 5.41) is 0.226. The number of hydrogen-bond donors (Lipinski definition) is 0. The van der Waals surface area contributed by atoms with E-state index in [0.717, 1.165) is 0 Å². The molecule has 2 aliphatic heterocycles. The van der Waals surface area contributed by atoms with Gasteiger partial charge in [0.1, 0.15) is 12.7 Å². The molecule has 2 aromatic rings. The molecule has 0 bridgehead atoms. The highest BCUT2D eigenvalue weighted by molar-refractivity contribution is 6.30. The Hall–Kier alpha value is -2.65. The first-order chi connectivity index (χ1) is 13.4. The van der Waals surface area contributed by atoms with Crippen LogP contribution in [0.4, 0.5) is 8.78 Å². The molecular weight excluding hydrogens is 398 g/mol. The first kappa shape index (κ1) is 18.7. The molecule has 148 valence electrons. The summed E-state index contributed by atoms with van der Waals surface area (Å²) in [6.07, 6.45) is -2.66. The number of halogens is 3. The Morgan fingerprint density at radius 1 is 1.32 bits per heavy atom. The van der Waals surface area contributed by atoms with Crippen molar-refractivity contribution in [2.24, 2.45) is 0 Å². The van der Waals surface area contributed by atoms with E-state index in [1.165, 1.54) is 23.1 Å². The lowest BCUT2D eigenvalue weighted by molar-refractivity contribution is -0.286. The van der Waals surface area contributed by atoms with Crippen molar-refractivity contribution in [2.45, 2.75) is 12.4 Å². The van der Waals surface area contributed by atoms with Crippen LogP contribution in [0.25, 0.3) is 0 Å². The Balaban J connectivity index is 1.43. The van der Waals surface area contributed by atoms with Gasteiger partial charge in [-0.05, 0) is 24.3 Å². The van der Waals surface area contributed by atoms with Gasteiger partial charge in [0.15, 0.2) is 22.4 Å². The maximum atomic E-state index is 13.4. The van der Waals surface area contributed by atoms with Crippen LogP contribution in [0.1, 0.15) is 10.4 Å². The number of fused-ring (bicyclic) bond motifs is 1. The van der Waals surface area contributed by atoms with Crippen LogP contribution in [-0.4, -0.2) is 54.5 Å². The predicted molar refractivity (Wildman–Crippen MR) is 93.0 cm³/mol. The zero-order valence-corrected chi connectivity index (χ0v) is 15.2. The van der Waals surface area contributed by atoms with E-state index < -0.39 is 18.3 Å². The van der Waals surface area contributed by atoms with Crippen molar-refractivity contribution in [3.05, 3.63) is 47.2 Å². The van der Waals surface area contributed by atoms with Crippen molar-refractivity contribution >= 4 is 17.5 Å². The molecule has 1 aromatic heterocycles. The van der Waals surface area contributed by atoms with Crippen LogP contribution < -0.4 is 14.2 Å². The van der Waals surface area contributed by atoms with Gasteiger partial charge in [-0.2, -0.15) is 0 Å². The highest BCUT2D eigenvalue weighted by Gasteiger charge is 2.45. The number of pyridine rings is 1. The summed E-state index contributed by atoms with van der Waals surface area (Å²) in [7, 11) is 0. The molecule has 0 radical (unpaired) electrons. The minimum Gasteiger partial charge on any atom is -0.488 e. The molecule has 28 heavy (non-hydrogen) atoms. The van der Waals surface area contributed by atoms with E-state index in [-0.39, 0.29) is 42.0 Å². The molecule has 4 rings (SSSR count). The lowest BCUT2D eigenvalue weighted by Gasteiger charge is -2.33. The molecule has 1 unspecified atom stereocenters. The van der Waals surface area contributed by atoms with Gasteiger partial charge in [0.05, 0.1) is 18.7 Å². The number of amides is 1. The van der Waals surface area contributed by atoms with E-state index in [0.29, 0.717) is 12.3 Å². The van der Waals surface area contributed by atoms with Gasteiger partial charge >= 0.3 is 6.29 Å². The first-order valence-electron chi connectivity index (χ1n) is 8.46. The average molecular weight is 413 g/mol. The second kappa shape index (κ2) is 7.40. The SMILES string of the molecule is O=C(c1cccc2c1OC(F)(F)O2)N1CCOC(COc2cccnc2Cl)C1. The fourth-order valence-electron chi connectivity index (χ4n) is 2.97. The van der Waals surface area contributed by atoms with Crippen molar-refractivity contribution < 1.29 is 32.5 Å². The van der Waals surface area contributed by atoms with Gasteiger partial charge in [0.2, 0.25) is 0 Å². The van der Waals surface area contributed by atoms with Crippen LogP contribution in [0.15, 0.2) is 36.5 Å². The van der Waals surface area contributed by atoms with Crippen LogP contribution in [0, 0.1) is 0 Å². The third-order valence-electron chi connectivity index (χ3n) is 4.23. The largest absolute Gasteiger partial charge is 0.586 e. The van der Waals surface area contributed by atoms with E-state index in [4.69, 9.17) is 21.1 Å². The number of carbonyl (C=O) groups is 1. The van der Waals surface area contributed by atoms with Gasteiger partial charge in [-0.25, -0.2) is 4.98 Å². The minimum atomic E-state index is -3.79. The third-order valence-corrected chi connectivity index (χ3v) is 4.52. The summed E-state index contributed by atoms with van der Waals surface area (Å²) < 4.78 is 46.9. The first-order valence-corrected chi connectivity index (χ1v) is 8.84. The number of hydrogen-bond acceptors (Lipinski definition) is 6. The average Bonchev–Trinajstić information content (AvgIpc) is 3.01. The Labute approximate surface area is 163 Å². The molecule has 7 nitrogen and oxygen atoms in total. The van der Waals surface area contributed by atoms with Crippen molar-refractivity contribution in [1.29, 1.82) is 0 Å². The fourth-order valence-corrected chi connectivity index (χ4v) is 3.15. The highest BCUT2D eigenvalue weighted by Crippen LogP contribution is 2.43. The molecule has 1 amide bonds. The van der Waals surface area contributed by atoms with Crippen molar-refractivity contribution in [3.63, 3.8) is 0 Å². The lowest BCUT2D eigenvalue weighted by atomic mass is 10.1. The molecule has 2 aliphatic rings. The molecule has 10 heteroatoms. The summed E-state index contributed by atoms with van der Waals surface area (Å²) in [6, 6.07) is 7.56. The summed E-state index contributed by atoms with van der Waals surface area (Å²) in [5.74, 6) is -0.482.